The molecule has 0 aliphatic heterocycles. The highest BCUT2D eigenvalue weighted by Gasteiger charge is 2.33. The van der Waals surface area contributed by atoms with E-state index in [9.17, 15) is 0 Å². The van der Waals surface area contributed by atoms with Gasteiger partial charge in [0.25, 0.3) is 0 Å². The lowest BCUT2D eigenvalue weighted by atomic mass is 9.89. The van der Waals surface area contributed by atoms with Gasteiger partial charge in [0.1, 0.15) is 0 Å². The average Bonchev–Trinajstić information content (AvgIpc) is 2.85. The Hall–Kier alpha value is -1.95. The number of rotatable bonds is 4. The quantitative estimate of drug-likeness (QED) is 0.862. The molecule has 1 heterocycles. The molecule has 0 bridgehead atoms. The van der Waals surface area contributed by atoms with Crippen molar-refractivity contribution in [2.45, 2.75) is 38.8 Å². The summed E-state index contributed by atoms with van der Waals surface area (Å²) in [6, 6.07) is 6.21. The molecule has 1 fully saturated rings. The summed E-state index contributed by atoms with van der Waals surface area (Å²) >= 11 is 0. The number of tetrazole rings is 1. The molecular formula is C14H19N5O. The second-order valence-electron chi connectivity index (χ2n) is 5.24. The van der Waals surface area contributed by atoms with Crippen LogP contribution in [0.5, 0.6) is 0 Å². The van der Waals surface area contributed by atoms with E-state index >= 15 is 0 Å². The monoisotopic (exact) mass is 273 g/mol. The van der Waals surface area contributed by atoms with Crippen LogP contribution in [0.2, 0.25) is 0 Å². The summed E-state index contributed by atoms with van der Waals surface area (Å²) in [5.74, 6) is 0.742. The van der Waals surface area contributed by atoms with Crippen LogP contribution in [-0.2, 0) is 4.74 Å². The molecule has 3 rings (SSSR count). The molecular weight excluding hydrogens is 254 g/mol. The fraction of sp³-hybridized carbons (Fsp3) is 0.500. The molecule has 6 nitrogen and oxygen atoms in total. The number of nitrogen functional groups attached to an aromatic ring is 1. The minimum absolute atomic E-state index is 0.302. The van der Waals surface area contributed by atoms with Crippen molar-refractivity contribution >= 4 is 5.69 Å². The molecule has 106 valence electrons. The third-order valence-corrected chi connectivity index (χ3v) is 3.76. The van der Waals surface area contributed by atoms with Crippen LogP contribution in [0.25, 0.3) is 11.4 Å². The Labute approximate surface area is 117 Å². The van der Waals surface area contributed by atoms with Crippen molar-refractivity contribution in [3.63, 3.8) is 0 Å². The maximum absolute atomic E-state index is 6.05. The molecule has 0 saturated heterocycles. The van der Waals surface area contributed by atoms with Gasteiger partial charge in [0.15, 0.2) is 5.82 Å². The summed E-state index contributed by atoms with van der Waals surface area (Å²) in [5.41, 5.74) is 8.79. The SMILES string of the molecule is CCOC1CC(n2nnnc2-c2cc(C)ccc2N)C1. The van der Waals surface area contributed by atoms with Crippen molar-refractivity contribution in [1.82, 2.24) is 20.2 Å². The first-order valence-corrected chi connectivity index (χ1v) is 6.95. The fourth-order valence-electron chi connectivity index (χ4n) is 2.59. The Bertz CT molecular complexity index is 603. The molecule has 0 radical (unpaired) electrons. The first kappa shape index (κ1) is 13.1. The summed E-state index contributed by atoms with van der Waals surface area (Å²) < 4.78 is 7.46. The average molecular weight is 273 g/mol. The second-order valence-corrected chi connectivity index (χ2v) is 5.24. The van der Waals surface area contributed by atoms with E-state index in [1.165, 1.54) is 0 Å². The summed E-state index contributed by atoms with van der Waals surface area (Å²) in [6.45, 7) is 4.81. The number of ether oxygens (including phenoxy) is 1. The van der Waals surface area contributed by atoms with Crippen LogP contribution in [0.4, 0.5) is 5.69 Å². The van der Waals surface area contributed by atoms with Crippen LogP contribution in [0.15, 0.2) is 18.2 Å². The number of anilines is 1. The standard InChI is InChI=1S/C14H19N5O/c1-3-20-11-7-10(8-11)19-14(16-17-18-19)12-6-9(2)4-5-13(12)15/h4-6,10-11H,3,7-8,15H2,1-2H3. The summed E-state index contributed by atoms with van der Waals surface area (Å²) in [4.78, 5) is 0. The van der Waals surface area contributed by atoms with Crippen LogP contribution in [0.1, 0.15) is 31.4 Å². The van der Waals surface area contributed by atoms with Crippen LogP contribution < -0.4 is 5.73 Å². The molecule has 0 amide bonds. The van der Waals surface area contributed by atoms with E-state index < -0.39 is 0 Å². The zero-order valence-corrected chi connectivity index (χ0v) is 11.8. The number of aryl methyl sites for hydroxylation is 1. The molecule has 0 unspecified atom stereocenters. The molecule has 2 N–H and O–H groups in total. The molecule has 1 aromatic carbocycles. The van der Waals surface area contributed by atoms with Crippen molar-refractivity contribution in [3.8, 4) is 11.4 Å². The Morgan fingerprint density at radius 3 is 2.95 bits per heavy atom. The number of benzene rings is 1. The van der Waals surface area contributed by atoms with E-state index in [1.807, 2.05) is 36.7 Å². The maximum Gasteiger partial charge on any atom is 0.184 e. The maximum atomic E-state index is 6.05. The Balaban J connectivity index is 1.86. The third-order valence-electron chi connectivity index (χ3n) is 3.76. The lowest BCUT2D eigenvalue weighted by Crippen LogP contribution is -2.34. The van der Waals surface area contributed by atoms with E-state index in [4.69, 9.17) is 10.5 Å². The zero-order valence-electron chi connectivity index (χ0n) is 11.8. The van der Waals surface area contributed by atoms with Crippen LogP contribution >= 0.6 is 0 Å². The molecule has 0 spiro atoms. The van der Waals surface area contributed by atoms with Gasteiger partial charge in [0.05, 0.1) is 12.1 Å². The Morgan fingerprint density at radius 1 is 1.40 bits per heavy atom. The van der Waals surface area contributed by atoms with Crippen LogP contribution in [-0.4, -0.2) is 32.9 Å². The number of hydrogen-bond donors (Lipinski definition) is 1. The number of nitrogens with two attached hydrogens (primary N) is 1. The van der Waals surface area contributed by atoms with Gasteiger partial charge in [-0.3, -0.25) is 0 Å². The van der Waals surface area contributed by atoms with Gasteiger partial charge in [0.2, 0.25) is 0 Å². The van der Waals surface area contributed by atoms with Crippen molar-refractivity contribution < 1.29 is 4.74 Å². The lowest BCUT2D eigenvalue weighted by Gasteiger charge is -2.34. The topological polar surface area (TPSA) is 78.8 Å². The lowest BCUT2D eigenvalue weighted by molar-refractivity contribution is -0.0227. The van der Waals surface area contributed by atoms with E-state index in [1.54, 1.807) is 0 Å². The number of aromatic nitrogens is 4. The molecule has 2 aromatic rings. The van der Waals surface area contributed by atoms with Crippen molar-refractivity contribution in [3.05, 3.63) is 23.8 Å². The van der Waals surface area contributed by atoms with Gasteiger partial charge < -0.3 is 10.5 Å². The van der Waals surface area contributed by atoms with Gasteiger partial charge in [0, 0.05) is 17.9 Å². The Morgan fingerprint density at radius 2 is 2.20 bits per heavy atom. The van der Waals surface area contributed by atoms with E-state index in [-0.39, 0.29) is 0 Å². The van der Waals surface area contributed by atoms with Crippen molar-refractivity contribution in [2.75, 3.05) is 12.3 Å². The third kappa shape index (κ3) is 2.27. The normalized spacial score (nSPS) is 21.7. The van der Waals surface area contributed by atoms with Gasteiger partial charge >= 0.3 is 0 Å². The highest BCUT2D eigenvalue weighted by molar-refractivity contribution is 5.72. The first-order valence-electron chi connectivity index (χ1n) is 6.95. The highest BCUT2D eigenvalue weighted by Crippen LogP contribution is 2.37. The van der Waals surface area contributed by atoms with E-state index in [0.29, 0.717) is 17.8 Å². The van der Waals surface area contributed by atoms with Gasteiger partial charge in [-0.25, -0.2) is 4.68 Å². The molecule has 1 aliphatic rings. The molecule has 1 aromatic heterocycles. The number of hydrogen-bond acceptors (Lipinski definition) is 5. The second kappa shape index (κ2) is 5.20. The predicted octanol–water partition coefficient (Wildman–Crippen LogP) is 1.97. The summed E-state index contributed by atoms with van der Waals surface area (Å²) in [5, 5.41) is 12.1. The zero-order chi connectivity index (χ0) is 14.1. The van der Waals surface area contributed by atoms with Crippen molar-refractivity contribution in [1.29, 1.82) is 0 Å². The minimum Gasteiger partial charge on any atom is -0.398 e. The fourth-order valence-corrected chi connectivity index (χ4v) is 2.59. The molecule has 1 aliphatic carbocycles. The van der Waals surface area contributed by atoms with Gasteiger partial charge in [-0.1, -0.05) is 11.6 Å². The highest BCUT2D eigenvalue weighted by atomic mass is 16.5. The molecule has 20 heavy (non-hydrogen) atoms. The van der Waals surface area contributed by atoms with Crippen LogP contribution in [0.3, 0.4) is 0 Å². The summed E-state index contributed by atoms with van der Waals surface area (Å²) in [6.07, 6.45) is 2.24. The molecule has 6 heteroatoms. The largest absolute Gasteiger partial charge is 0.398 e. The molecule has 1 saturated carbocycles. The van der Waals surface area contributed by atoms with Crippen LogP contribution in [0, 0.1) is 6.92 Å². The van der Waals surface area contributed by atoms with E-state index in [2.05, 4.69) is 15.5 Å². The predicted molar refractivity (Wildman–Crippen MR) is 76.1 cm³/mol. The van der Waals surface area contributed by atoms with E-state index in [0.717, 1.165) is 36.4 Å². The minimum atomic E-state index is 0.302. The van der Waals surface area contributed by atoms with Gasteiger partial charge in [-0.2, -0.15) is 0 Å². The smallest absolute Gasteiger partial charge is 0.184 e. The Kier molecular flexibility index (Phi) is 3.40. The number of nitrogens with zero attached hydrogens (tertiary/aromatic N) is 4. The van der Waals surface area contributed by atoms with Gasteiger partial charge in [-0.05, 0) is 49.2 Å². The summed E-state index contributed by atoms with van der Waals surface area (Å²) in [7, 11) is 0. The first-order chi connectivity index (χ1) is 9.69. The molecule has 0 atom stereocenters. The van der Waals surface area contributed by atoms with Gasteiger partial charge in [-0.15, -0.1) is 5.10 Å². The van der Waals surface area contributed by atoms with Crippen molar-refractivity contribution in [2.24, 2.45) is 0 Å².